The first-order valence-corrected chi connectivity index (χ1v) is 5.78. The van der Waals surface area contributed by atoms with Crippen molar-refractivity contribution in [2.75, 3.05) is 6.54 Å². The van der Waals surface area contributed by atoms with Crippen molar-refractivity contribution >= 4 is 0 Å². The molecule has 0 aliphatic carbocycles. The van der Waals surface area contributed by atoms with Crippen molar-refractivity contribution in [2.24, 2.45) is 12.8 Å². The molecular weight excluding hydrogens is 230 g/mol. The number of aliphatic hydroxyl groups excluding tert-OH is 1. The SMILES string of the molecule is Cn1cc(C(CN)Oc2ccc(CO)cc2)cn1. The smallest absolute Gasteiger partial charge is 0.139 e. The average molecular weight is 247 g/mol. The highest BCUT2D eigenvalue weighted by atomic mass is 16.5. The fourth-order valence-corrected chi connectivity index (χ4v) is 1.70. The van der Waals surface area contributed by atoms with Crippen molar-refractivity contribution in [2.45, 2.75) is 12.7 Å². The standard InChI is InChI=1S/C13H17N3O2/c1-16-8-11(7-15-16)13(6-14)18-12-4-2-10(9-17)3-5-12/h2-5,7-8,13,17H,6,9,14H2,1H3. The Hall–Kier alpha value is -1.85. The monoisotopic (exact) mass is 247 g/mol. The Labute approximate surface area is 106 Å². The van der Waals surface area contributed by atoms with E-state index in [1.807, 2.05) is 37.5 Å². The van der Waals surface area contributed by atoms with Gasteiger partial charge in [-0.3, -0.25) is 4.68 Å². The number of aliphatic hydroxyl groups is 1. The summed E-state index contributed by atoms with van der Waals surface area (Å²) in [6.45, 7) is 0.413. The van der Waals surface area contributed by atoms with E-state index in [0.29, 0.717) is 6.54 Å². The minimum absolute atomic E-state index is 0.0310. The molecule has 1 aromatic carbocycles. The van der Waals surface area contributed by atoms with E-state index in [-0.39, 0.29) is 12.7 Å². The van der Waals surface area contributed by atoms with Gasteiger partial charge in [0, 0.05) is 25.4 Å². The van der Waals surface area contributed by atoms with Crippen LogP contribution in [0.15, 0.2) is 36.7 Å². The zero-order valence-corrected chi connectivity index (χ0v) is 10.3. The minimum atomic E-state index is -0.210. The van der Waals surface area contributed by atoms with Crippen LogP contribution >= 0.6 is 0 Å². The van der Waals surface area contributed by atoms with Crippen molar-refractivity contribution < 1.29 is 9.84 Å². The van der Waals surface area contributed by atoms with Crippen LogP contribution in [0.2, 0.25) is 0 Å². The molecule has 2 rings (SSSR count). The highest BCUT2D eigenvalue weighted by Crippen LogP contribution is 2.21. The number of hydrogen-bond acceptors (Lipinski definition) is 4. The molecule has 0 saturated heterocycles. The highest BCUT2D eigenvalue weighted by molar-refractivity contribution is 5.27. The largest absolute Gasteiger partial charge is 0.484 e. The lowest BCUT2D eigenvalue weighted by Gasteiger charge is -2.16. The lowest BCUT2D eigenvalue weighted by molar-refractivity contribution is 0.214. The molecule has 2 aromatic rings. The second-order valence-electron chi connectivity index (χ2n) is 4.09. The molecular formula is C13H17N3O2. The zero-order chi connectivity index (χ0) is 13.0. The van der Waals surface area contributed by atoms with Crippen LogP contribution in [-0.2, 0) is 13.7 Å². The van der Waals surface area contributed by atoms with Gasteiger partial charge in [-0.1, -0.05) is 12.1 Å². The summed E-state index contributed by atoms with van der Waals surface area (Å²) in [6, 6.07) is 7.30. The van der Waals surface area contributed by atoms with Gasteiger partial charge in [0.05, 0.1) is 12.8 Å². The number of aromatic nitrogens is 2. The molecule has 0 spiro atoms. The van der Waals surface area contributed by atoms with Crippen molar-refractivity contribution in [3.05, 3.63) is 47.8 Å². The number of hydrogen-bond donors (Lipinski definition) is 2. The first-order valence-electron chi connectivity index (χ1n) is 5.78. The fourth-order valence-electron chi connectivity index (χ4n) is 1.70. The molecule has 1 atom stereocenters. The number of nitrogens with two attached hydrogens (primary N) is 1. The molecule has 0 saturated carbocycles. The van der Waals surface area contributed by atoms with Crippen molar-refractivity contribution in [1.29, 1.82) is 0 Å². The molecule has 1 heterocycles. The number of rotatable bonds is 5. The zero-order valence-electron chi connectivity index (χ0n) is 10.3. The van der Waals surface area contributed by atoms with Crippen LogP contribution in [-0.4, -0.2) is 21.4 Å². The van der Waals surface area contributed by atoms with Crippen molar-refractivity contribution in [1.82, 2.24) is 9.78 Å². The third-order valence-electron chi connectivity index (χ3n) is 2.69. The molecule has 5 nitrogen and oxygen atoms in total. The van der Waals surface area contributed by atoms with Gasteiger partial charge < -0.3 is 15.6 Å². The molecule has 1 aromatic heterocycles. The van der Waals surface area contributed by atoms with Crippen molar-refractivity contribution in [3.8, 4) is 5.75 Å². The summed E-state index contributed by atoms with van der Waals surface area (Å²) in [7, 11) is 1.85. The Kier molecular flexibility index (Phi) is 3.96. The summed E-state index contributed by atoms with van der Waals surface area (Å²) in [4.78, 5) is 0. The number of benzene rings is 1. The summed E-state index contributed by atoms with van der Waals surface area (Å²) < 4.78 is 7.52. The van der Waals surface area contributed by atoms with Crippen LogP contribution in [0.25, 0.3) is 0 Å². The Morgan fingerprint density at radius 3 is 2.61 bits per heavy atom. The molecule has 0 amide bonds. The first kappa shape index (κ1) is 12.6. The molecule has 96 valence electrons. The topological polar surface area (TPSA) is 73.3 Å². The van der Waals surface area contributed by atoms with Gasteiger partial charge in [-0.05, 0) is 17.7 Å². The van der Waals surface area contributed by atoms with E-state index in [9.17, 15) is 0 Å². The average Bonchev–Trinajstić information content (AvgIpc) is 2.83. The number of ether oxygens (including phenoxy) is 1. The number of nitrogens with zero attached hydrogens (tertiary/aromatic N) is 2. The lowest BCUT2D eigenvalue weighted by Crippen LogP contribution is -2.18. The van der Waals surface area contributed by atoms with Crippen LogP contribution in [0.1, 0.15) is 17.2 Å². The lowest BCUT2D eigenvalue weighted by atomic mass is 10.2. The summed E-state index contributed by atoms with van der Waals surface area (Å²) >= 11 is 0. The molecule has 0 aliphatic rings. The Bertz CT molecular complexity index is 493. The normalized spacial score (nSPS) is 12.4. The quantitative estimate of drug-likeness (QED) is 0.826. The van der Waals surface area contributed by atoms with E-state index in [4.69, 9.17) is 15.6 Å². The third-order valence-corrected chi connectivity index (χ3v) is 2.69. The predicted octanol–water partition coefficient (Wildman–Crippen LogP) is 0.991. The van der Waals surface area contributed by atoms with Crippen LogP contribution in [0.5, 0.6) is 5.75 Å². The van der Waals surface area contributed by atoms with E-state index in [1.165, 1.54) is 0 Å². The van der Waals surface area contributed by atoms with Crippen LogP contribution in [0.4, 0.5) is 0 Å². The van der Waals surface area contributed by atoms with E-state index >= 15 is 0 Å². The van der Waals surface area contributed by atoms with Gasteiger partial charge in [-0.25, -0.2) is 0 Å². The number of aryl methyl sites for hydroxylation is 1. The molecule has 0 bridgehead atoms. The van der Waals surface area contributed by atoms with Gasteiger partial charge >= 0.3 is 0 Å². The molecule has 1 unspecified atom stereocenters. The van der Waals surface area contributed by atoms with E-state index < -0.39 is 0 Å². The first-order chi connectivity index (χ1) is 8.72. The van der Waals surface area contributed by atoms with Crippen LogP contribution < -0.4 is 10.5 Å². The van der Waals surface area contributed by atoms with E-state index in [2.05, 4.69) is 5.10 Å². The third kappa shape index (κ3) is 2.88. The van der Waals surface area contributed by atoms with Gasteiger partial charge in [0.15, 0.2) is 0 Å². The second-order valence-corrected chi connectivity index (χ2v) is 4.09. The van der Waals surface area contributed by atoms with Gasteiger partial charge in [0.25, 0.3) is 0 Å². The second kappa shape index (κ2) is 5.66. The van der Waals surface area contributed by atoms with E-state index in [1.54, 1.807) is 10.9 Å². The maximum absolute atomic E-state index is 8.97. The Balaban J connectivity index is 2.10. The van der Waals surface area contributed by atoms with E-state index in [0.717, 1.165) is 16.9 Å². The van der Waals surface area contributed by atoms with Crippen LogP contribution in [0, 0.1) is 0 Å². The molecule has 18 heavy (non-hydrogen) atoms. The maximum Gasteiger partial charge on any atom is 0.139 e. The summed E-state index contributed by atoms with van der Waals surface area (Å²) in [5, 5.41) is 13.1. The molecule has 0 radical (unpaired) electrons. The van der Waals surface area contributed by atoms with Gasteiger partial charge in [-0.2, -0.15) is 5.10 Å². The molecule has 5 heteroatoms. The van der Waals surface area contributed by atoms with Gasteiger partial charge in [0.1, 0.15) is 11.9 Å². The van der Waals surface area contributed by atoms with Gasteiger partial charge in [-0.15, -0.1) is 0 Å². The fraction of sp³-hybridized carbons (Fsp3) is 0.308. The molecule has 3 N–H and O–H groups in total. The summed E-state index contributed by atoms with van der Waals surface area (Å²) in [5.74, 6) is 0.728. The Morgan fingerprint density at radius 2 is 2.11 bits per heavy atom. The minimum Gasteiger partial charge on any atom is -0.484 e. The van der Waals surface area contributed by atoms with Crippen molar-refractivity contribution in [3.63, 3.8) is 0 Å². The molecule has 0 fully saturated rings. The Morgan fingerprint density at radius 1 is 1.39 bits per heavy atom. The predicted molar refractivity (Wildman–Crippen MR) is 68.0 cm³/mol. The van der Waals surface area contributed by atoms with Crippen LogP contribution in [0.3, 0.4) is 0 Å². The van der Waals surface area contributed by atoms with Gasteiger partial charge in [0.2, 0.25) is 0 Å². The highest BCUT2D eigenvalue weighted by Gasteiger charge is 2.13. The molecule has 0 aliphatic heterocycles. The summed E-state index contributed by atoms with van der Waals surface area (Å²) in [6.07, 6.45) is 3.43. The summed E-state index contributed by atoms with van der Waals surface area (Å²) in [5.41, 5.74) is 7.52. The maximum atomic E-state index is 8.97.